The molecule has 2 aliphatic carbocycles. The quantitative estimate of drug-likeness (QED) is 0.249. The third kappa shape index (κ3) is 5.84. The molecular formula is C30H38O14. The minimum Gasteiger partial charge on any atom is -0.462 e. The van der Waals surface area contributed by atoms with Crippen LogP contribution in [0.3, 0.4) is 0 Å². The van der Waals surface area contributed by atoms with Gasteiger partial charge < -0.3 is 38.3 Å². The Balaban J connectivity index is 2.08. The molecular weight excluding hydrogens is 584 g/mol. The molecule has 2 saturated heterocycles. The van der Waals surface area contributed by atoms with Gasteiger partial charge in [-0.3, -0.25) is 28.8 Å². The zero-order chi connectivity index (χ0) is 32.8. The van der Waals surface area contributed by atoms with E-state index < -0.39 is 94.8 Å². The van der Waals surface area contributed by atoms with Gasteiger partial charge in [0.15, 0.2) is 11.7 Å². The van der Waals surface area contributed by atoms with E-state index in [9.17, 15) is 33.9 Å². The predicted octanol–water partition coefficient (Wildman–Crippen LogP) is 0.860. The molecule has 0 aromatic carbocycles. The third-order valence-electron chi connectivity index (χ3n) is 8.95. The highest BCUT2D eigenvalue weighted by Crippen LogP contribution is 2.62. The Kier molecular flexibility index (Phi) is 9.00. The molecule has 1 N–H and O–H groups in total. The van der Waals surface area contributed by atoms with E-state index >= 15 is 0 Å². The number of fused-ring (bicyclic) bond motifs is 3. The fourth-order valence-electron chi connectivity index (χ4n) is 6.93. The van der Waals surface area contributed by atoms with E-state index in [1.54, 1.807) is 6.92 Å². The van der Waals surface area contributed by atoms with Crippen LogP contribution in [0.4, 0.5) is 0 Å². The van der Waals surface area contributed by atoms with Gasteiger partial charge in [-0.05, 0) is 24.6 Å². The van der Waals surface area contributed by atoms with Crippen LogP contribution in [0.1, 0.15) is 54.9 Å². The van der Waals surface area contributed by atoms with Gasteiger partial charge in [-0.15, -0.1) is 0 Å². The normalized spacial score (nSPS) is 39.0. The summed E-state index contributed by atoms with van der Waals surface area (Å²) in [6.45, 7) is 8.51. The highest BCUT2D eigenvalue weighted by molar-refractivity contribution is 5.78. The summed E-state index contributed by atoms with van der Waals surface area (Å²) >= 11 is 0. The van der Waals surface area contributed by atoms with Gasteiger partial charge in [-0.2, -0.15) is 0 Å². The summed E-state index contributed by atoms with van der Waals surface area (Å²) in [4.78, 5) is 74.9. The molecule has 0 aromatic rings. The number of carbonyl (C=O) groups is 6. The first-order valence-electron chi connectivity index (χ1n) is 14.2. The zero-order valence-corrected chi connectivity index (χ0v) is 25.6. The van der Waals surface area contributed by atoms with Gasteiger partial charge in [0, 0.05) is 47.0 Å². The molecule has 0 aromatic heterocycles. The van der Waals surface area contributed by atoms with Crippen LogP contribution in [0.5, 0.6) is 0 Å². The monoisotopic (exact) mass is 622 g/mol. The standard InChI is InChI=1S/C30H38O14/c1-14-27(36)44-24-10-20(12-38-15(2)31)8-9-21(40-16(3)32)28(7)22(41-17(4)33)11-23(42-18(5)34)29(13-39-29)25(28)26(30(14,24)37)43-19(6)35/h8-10,14,21-26,37H,11-13H2,1-7H3. The minimum absolute atomic E-state index is 0.0380. The van der Waals surface area contributed by atoms with E-state index in [4.69, 9.17) is 33.2 Å². The van der Waals surface area contributed by atoms with Gasteiger partial charge >= 0.3 is 35.8 Å². The lowest BCUT2D eigenvalue weighted by Gasteiger charge is -2.57. The van der Waals surface area contributed by atoms with E-state index in [-0.39, 0.29) is 25.2 Å². The summed E-state index contributed by atoms with van der Waals surface area (Å²) in [5, 5.41) is 12.6. The topological polar surface area (TPSA) is 191 Å². The molecule has 1 saturated carbocycles. The second-order valence-electron chi connectivity index (χ2n) is 11.9. The molecule has 2 heterocycles. The molecule has 10 atom stereocenters. The fraction of sp³-hybridized carbons (Fsp3) is 0.667. The van der Waals surface area contributed by atoms with Crippen molar-refractivity contribution in [1.29, 1.82) is 0 Å². The molecule has 1 spiro atoms. The SMILES string of the molecule is CC(=O)OCC1=CC2OC(=O)C(C)C2(O)C(OC(C)=O)C2C3(CO3)C(OC(C)=O)CC(OC(C)=O)C2(C)C(OC(C)=O)C=C1. The molecule has 14 heteroatoms. The highest BCUT2D eigenvalue weighted by Gasteiger charge is 2.78. The van der Waals surface area contributed by atoms with Crippen molar-refractivity contribution in [2.24, 2.45) is 17.3 Å². The van der Waals surface area contributed by atoms with Crippen molar-refractivity contribution in [3.8, 4) is 0 Å². The molecule has 3 fully saturated rings. The van der Waals surface area contributed by atoms with Crippen molar-refractivity contribution >= 4 is 35.8 Å². The molecule has 10 unspecified atom stereocenters. The Labute approximate surface area is 253 Å². The van der Waals surface area contributed by atoms with Crippen LogP contribution in [-0.2, 0) is 61.9 Å². The third-order valence-corrected chi connectivity index (χ3v) is 8.95. The average molecular weight is 623 g/mol. The van der Waals surface area contributed by atoms with Crippen LogP contribution >= 0.6 is 0 Å². The lowest BCUT2D eigenvalue weighted by atomic mass is 9.52. The van der Waals surface area contributed by atoms with E-state index in [0.717, 1.165) is 6.92 Å². The van der Waals surface area contributed by atoms with E-state index in [2.05, 4.69) is 0 Å². The molecule has 2 aliphatic heterocycles. The number of epoxide rings is 1. The number of hydrogen-bond acceptors (Lipinski definition) is 14. The Morgan fingerprint density at radius 1 is 0.909 bits per heavy atom. The summed E-state index contributed by atoms with van der Waals surface area (Å²) in [5.41, 5.74) is -5.03. The summed E-state index contributed by atoms with van der Waals surface area (Å²) in [6.07, 6.45) is -2.34. The molecule has 44 heavy (non-hydrogen) atoms. The van der Waals surface area contributed by atoms with Gasteiger partial charge in [-0.25, -0.2) is 0 Å². The Morgan fingerprint density at radius 3 is 2.00 bits per heavy atom. The lowest BCUT2D eigenvalue weighted by molar-refractivity contribution is -0.252. The van der Waals surface area contributed by atoms with Crippen LogP contribution in [-0.4, -0.2) is 95.9 Å². The van der Waals surface area contributed by atoms with Crippen LogP contribution in [0.25, 0.3) is 0 Å². The van der Waals surface area contributed by atoms with Gasteiger partial charge in [-0.1, -0.05) is 13.0 Å². The largest absolute Gasteiger partial charge is 0.462 e. The van der Waals surface area contributed by atoms with Gasteiger partial charge in [0.25, 0.3) is 0 Å². The summed E-state index contributed by atoms with van der Waals surface area (Å²) in [7, 11) is 0. The Hall–Kier alpha value is -3.78. The smallest absolute Gasteiger partial charge is 0.312 e. The van der Waals surface area contributed by atoms with Gasteiger partial charge in [0.05, 0.1) is 17.9 Å². The molecule has 0 amide bonds. The number of rotatable bonds is 6. The van der Waals surface area contributed by atoms with E-state index in [0.29, 0.717) is 0 Å². The predicted molar refractivity (Wildman–Crippen MR) is 145 cm³/mol. The molecule has 4 rings (SSSR count). The summed E-state index contributed by atoms with van der Waals surface area (Å²) in [6, 6.07) is 0. The number of aliphatic hydroxyl groups is 1. The molecule has 0 radical (unpaired) electrons. The number of carbonyl (C=O) groups excluding carboxylic acids is 6. The van der Waals surface area contributed by atoms with Crippen molar-refractivity contribution in [3.05, 3.63) is 23.8 Å². The minimum atomic E-state index is -2.29. The molecule has 0 bridgehead atoms. The second kappa shape index (κ2) is 12.0. The van der Waals surface area contributed by atoms with Crippen molar-refractivity contribution in [2.75, 3.05) is 13.2 Å². The Bertz CT molecular complexity index is 1300. The molecule has 242 valence electrons. The average Bonchev–Trinajstić information content (AvgIpc) is 3.65. The van der Waals surface area contributed by atoms with Gasteiger partial charge in [0.2, 0.25) is 0 Å². The maximum atomic E-state index is 13.1. The maximum Gasteiger partial charge on any atom is 0.312 e. The molecule has 4 aliphatic rings. The van der Waals surface area contributed by atoms with Crippen LogP contribution < -0.4 is 0 Å². The van der Waals surface area contributed by atoms with Crippen LogP contribution in [0.2, 0.25) is 0 Å². The summed E-state index contributed by atoms with van der Waals surface area (Å²) in [5.74, 6) is -6.89. The first-order valence-corrected chi connectivity index (χ1v) is 14.2. The summed E-state index contributed by atoms with van der Waals surface area (Å²) < 4.78 is 40.0. The lowest BCUT2D eigenvalue weighted by Crippen LogP contribution is -2.71. The van der Waals surface area contributed by atoms with Crippen molar-refractivity contribution in [1.82, 2.24) is 0 Å². The van der Waals surface area contributed by atoms with E-state index in [1.807, 2.05) is 0 Å². The van der Waals surface area contributed by atoms with Crippen LogP contribution in [0.15, 0.2) is 23.8 Å². The fourth-order valence-corrected chi connectivity index (χ4v) is 6.93. The van der Waals surface area contributed by atoms with E-state index in [1.165, 1.54) is 52.8 Å². The van der Waals surface area contributed by atoms with Crippen molar-refractivity contribution in [3.63, 3.8) is 0 Å². The van der Waals surface area contributed by atoms with Crippen LogP contribution in [0, 0.1) is 17.3 Å². The zero-order valence-electron chi connectivity index (χ0n) is 25.6. The van der Waals surface area contributed by atoms with Crippen molar-refractivity contribution in [2.45, 2.75) is 96.6 Å². The first kappa shape index (κ1) is 33.1. The highest BCUT2D eigenvalue weighted by atomic mass is 16.6. The van der Waals surface area contributed by atoms with Crippen molar-refractivity contribution < 1.29 is 67.0 Å². The number of ether oxygens (including phenoxy) is 7. The second-order valence-corrected chi connectivity index (χ2v) is 11.9. The Morgan fingerprint density at radius 2 is 1.48 bits per heavy atom. The number of hydrogen-bond donors (Lipinski definition) is 1. The maximum absolute atomic E-state index is 13.1. The molecule has 14 nitrogen and oxygen atoms in total. The first-order chi connectivity index (χ1) is 20.5. The number of esters is 6. The van der Waals surface area contributed by atoms with Gasteiger partial charge in [0.1, 0.15) is 36.6 Å².